The monoisotopic (exact) mass is 435 g/mol. The van der Waals surface area contributed by atoms with E-state index in [0.717, 1.165) is 28.1 Å². The highest BCUT2D eigenvalue weighted by atomic mass is 35.5. The summed E-state index contributed by atoms with van der Waals surface area (Å²) in [5.74, 6) is 0.554. The zero-order chi connectivity index (χ0) is 22.2. The summed E-state index contributed by atoms with van der Waals surface area (Å²) in [6.45, 7) is 5.89. The third-order valence-corrected chi connectivity index (χ3v) is 5.03. The molecule has 0 radical (unpaired) electrons. The first-order valence-electron chi connectivity index (χ1n) is 10.1. The van der Waals surface area contributed by atoms with Gasteiger partial charge < -0.3 is 10.1 Å². The van der Waals surface area contributed by atoms with E-state index in [4.69, 9.17) is 16.3 Å². The number of hydrogen-bond donors (Lipinski definition) is 2. The first-order chi connectivity index (χ1) is 14.9. The highest BCUT2D eigenvalue weighted by Crippen LogP contribution is 2.31. The summed E-state index contributed by atoms with van der Waals surface area (Å²) in [4.78, 5) is 12.2. The van der Waals surface area contributed by atoms with Crippen LogP contribution in [-0.2, 0) is 4.79 Å². The number of aryl methyl sites for hydroxylation is 1. The van der Waals surface area contributed by atoms with E-state index in [1.54, 1.807) is 6.21 Å². The van der Waals surface area contributed by atoms with Crippen molar-refractivity contribution in [2.75, 3.05) is 11.9 Å². The molecule has 0 unspecified atom stereocenters. The Balaban J connectivity index is 1.55. The molecule has 0 bridgehead atoms. The van der Waals surface area contributed by atoms with E-state index in [9.17, 15) is 4.79 Å². The third kappa shape index (κ3) is 6.59. The summed E-state index contributed by atoms with van der Waals surface area (Å²) in [6, 6.07) is 21.4. The molecule has 3 aromatic carbocycles. The molecule has 3 aromatic rings. The van der Waals surface area contributed by atoms with Gasteiger partial charge in [0.05, 0.1) is 6.21 Å². The number of para-hydroxylation sites is 1. The van der Waals surface area contributed by atoms with Crippen LogP contribution in [-0.4, -0.2) is 18.7 Å². The maximum absolute atomic E-state index is 12.2. The van der Waals surface area contributed by atoms with E-state index < -0.39 is 0 Å². The summed E-state index contributed by atoms with van der Waals surface area (Å²) < 4.78 is 5.73. The summed E-state index contributed by atoms with van der Waals surface area (Å²) in [5.41, 5.74) is 7.17. The van der Waals surface area contributed by atoms with Crippen molar-refractivity contribution < 1.29 is 9.53 Å². The molecule has 0 aliphatic heterocycles. The van der Waals surface area contributed by atoms with Crippen molar-refractivity contribution in [2.24, 2.45) is 5.10 Å². The molecule has 0 aliphatic carbocycles. The van der Waals surface area contributed by atoms with Gasteiger partial charge in [0, 0.05) is 16.4 Å². The molecule has 31 heavy (non-hydrogen) atoms. The van der Waals surface area contributed by atoms with Crippen molar-refractivity contribution in [1.29, 1.82) is 0 Å². The van der Waals surface area contributed by atoms with E-state index in [1.807, 2.05) is 73.7 Å². The van der Waals surface area contributed by atoms with Crippen LogP contribution in [0.2, 0.25) is 5.02 Å². The fourth-order valence-electron chi connectivity index (χ4n) is 2.99. The van der Waals surface area contributed by atoms with Gasteiger partial charge in [-0.3, -0.25) is 4.79 Å². The summed E-state index contributed by atoms with van der Waals surface area (Å²) in [5, 5.41) is 8.05. The normalized spacial score (nSPS) is 11.0. The van der Waals surface area contributed by atoms with Crippen LogP contribution < -0.4 is 15.5 Å². The molecule has 0 fully saturated rings. The van der Waals surface area contributed by atoms with Crippen LogP contribution in [0.15, 0.2) is 71.8 Å². The Hall–Kier alpha value is -3.31. The van der Waals surface area contributed by atoms with E-state index in [-0.39, 0.29) is 18.4 Å². The topological polar surface area (TPSA) is 62.7 Å². The number of nitrogens with one attached hydrogen (secondary N) is 2. The lowest BCUT2D eigenvalue weighted by atomic mass is 10.0. The van der Waals surface area contributed by atoms with Crippen molar-refractivity contribution in [1.82, 2.24) is 5.43 Å². The van der Waals surface area contributed by atoms with Crippen LogP contribution in [0.4, 0.5) is 11.4 Å². The van der Waals surface area contributed by atoms with Crippen LogP contribution >= 0.6 is 11.6 Å². The minimum absolute atomic E-state index is 0.131. The van der Waals surface area contributed by atoms with Crippen LogP contribution in [0.1, 0.15) is 36.5 Å². The quantitative estimate of drug-likeness (QED) is 0.334. The molecular weight excluding hydrogens is 410 g/mol. The number of rotatable bonds is 8. The van der Waals surface area contributed by atoms with Crippen molar-refractivity contribution in [3.8, 4) is 5.75 Å². The summed E-state index contributed by atoms with van der Waals surface area (Å²) in [7, 11) is 0. The maximum atomic E-state index is 12.2. The van der Waals surface area contributed by atoms with Crippen molar-refractivity contribution in [2.45, 2.75) is 26.7 Å². The smallest absolute Gasteiger partial charge is 0.277 e. The summed E-state index contributed by atoms with van der Waals surface area (Å²) in [6.07, 6.45) is 1.60. The van der Waals surface area contributed by atoms with E-state index in [0.29, 0.717) is 10.8 Å². The van der Waals surface area contributed by atoms with Gasteiger partial charge in [0.2, 0.25) is 0 Å². The SMILES string of the molecule is Cc1cc(OCC(=O)NN=Cc2cccc(Nc3ccccc3)c2)c(C(C)C)cc1Cl. The zero-order valence-electron chi connectivity index (χ0n) is 17.9. The molecule has 0 heterocycles. The van der Waals surface area contributed by atoms with Crippen LogP contribution in [0.3, 0.4) is 0 Å². The number of hydrazone groups is 1. The van der Waals surface area contributed by atoms with Crippen molar-refractivity contribution in [3.05, 3.63) is 88.4 Å². The molecule has 3 rings (SSSR count). The molecule has 0 saturated carbocycles. The molecule has 0 aromatic heterocycles. The molecule has 5 nitrogen and oxygen atoms in total. The number of benzene rings is 3. The molecule has 1 amide bonds. The number of anilines is 2. The lowest BCUT2D eigenvalue weighted by Gasteiger charge is -2.15. The number of halogens is 1. The number of nitrogens with zero attached hydrogens (tertiary/aromatic N) is 1. The Labute approximate surface area is 188 Å². The minimum Gasteiger partial charge on any atom is -0.483 e. The van der Waals surface area contributed by atoms with Crippen LogP contribution in [0.25, 0.3) is 0 Å². The standard InChI is InChI=1S/C25H26ClN3O2/c1-17(2)22-14-23(26)18(3)12-24(22)31-16-25(30)29-27-15-19-8-7-11-21(13-19)28-20-9-5-4-6-10-20/h4-15,17,28H,16H2,1-3H3,(H,29,30). The highest BCUT2D eigenvalue weighted by molar-refractivity contribution is 6.31. The fraction of sp³-hybridized carbons (Fsp3) is 0.200. The number of ether oxygens (including phenoxy) is 1. The van der Waals surface area contributed by atoms with Crippen LogP contribution in [0, 0.1) is 6.92 Å². The Kier molecular flexibility index (Phi) is 7.68. The van der Waals surface area contributed by atoms with Gasteiger partial charge in [0.25, 0.3) is 5.91 Å². The third-order valence-electron chi connectivity index (χ3n) is 4.62. The molecule has 2 N–H and O–H groups in total. The molecule has 0 spiro atoms. The number of amides is 1. The number of hydrogen-bond acceptors (Lipinski definition) is 4. The highest BCUT2D eigenvalue weighted by Gasteiger charge is 2.12. The van der Waals surface area contributed by atoms with E-state index >= 15 is 0 Å². The van der Waals surface area contributed by atoms with E-state index in [1.165, 1.54) is 0 Å². The van der Waals surface area contributed by atoms with Gasteiger partial charge in [-0.2, -0.15) is 5.10 Å². The van der Waals surface area contributed by atoms with Gasteiger partial charge in [-0.25, -0.2) is 5.43 Å². The molecule has 160 valence electrons. The Morgan fingerprint density at radius 2 is 1.81 bits per heavy atom. The second kappa shape index (κ2) is 10.6. The number of carbonyl (C=O) groups is 1. The van der Waals surface area contributed by atoms with Gasteiger partial charge in [-0.1, -0.05) is 55.8 Å². The van der Waals surface area contributed by atoms with Gasteiger partial charge in [0.1, 0.15) is 5.75 Å². The zero-order valence-corrected chi connectivity index (χ0v) is 18.6. The van der Waals surface area contributed by atoms with Crippen molar-refractivity contribution >= 4 is 35.1 Å². The van der Waals surface area contributed by atoms with Crippen molar-refractivity contribution in [3.63, 3.8) is 0 Å². The summed E-state index contributed by atoms with van der Waals surface area (Å²) >= 11 is 6.22. The van der Waals surface area contributed by atoms with Gasteiger partial charge >= 0.3 is 0 Å². The second-order valence-electron chi connectivity index (χ2n) is 7.49. The molecule has 0 saturated heterocycles. The average molecular weight is 436 g/mol. The first kappa shape index (κ1) is 22.4. The predicted octanol–water partition coefficient (Wildman–Crippen LogP) is 6.04. The van der Waals surface area contributed by atoms with Crippen LogP contribution in [0.5, 0.6) is 5.75 Å². The molecular formula is C25H26ClN3O2. The Bertz CT molecular complexity index is 1070. The number of carbonyl (C=O) groups excluding carboxylic acids is 1. The Morgan fingerprint density at radius 1 is 1.06 bits per heavy atom. The molecule has 0 aliphatic rings. The second-order valence-corrected chi connectivity index (χ2v) is 7.90. The maximum Gasteiger partial charge on any atom is 0.277 e. The predicted molar refractivity (Wildman–Crippen MR) is 128 cm³/mol. The minimum atomic E-state index is -0.336. The first-order valence-corrected chi connectivity index (χ1v) is 10.5. The van der Waals surface area contributed by atoms with Gasteiger partial charge in [-0.15, -0.1) is 0 Å². The Morgan fingerprint density at radius 3 is 2.55 bits per heavy atom. The molecule has 0 atom stereocenters. The van der Waals surface area contributed by atoms with E-state index in [2.05, 4.69) is 29.7 Å². The van der Waals surface area contributed by atoms with Gasteiger partial charge in [0.15, 0.2) is 6.61 Å². The lowest BCUT2D eigenvalue weighted by Crippen LogP contribution is -2.25. The molecule has 6 heteroatoms. The lowest BCUT2D eigenvalue weighted by molar-refractivity contribution is -0.123. The fourth-order valence-corrected chi connectivity index (χ4v) is 3.16. The average Bonchev–Trinajstić information content (AvgIpc) is 2.75. The largest absolute Gasteiger partial charge is 0.483 e. The van der Waals surface area contributed by atoms with Gasteiger partial charge in [-0.05, 0) is 65.9 Å².